The van der Waals surface area contributed by atoms with Crippen LogP contribution in [-0.2, 0) is 6.42 Å². The molecule has 1 amide bonds. The lowest BCUT2D eigenvalue weighted by Crippen LogP contribution is -2.11. The van der Waals surface area contributed by atoms with Gasteiger partial charge >= 0.3 is 0 Å². The van der Waals surface area contributed by atoms with Gasteiger partial charge < -0.3 is 0 Å². The maximum atomic E-state index is 12.9. The zero-order chi connectivity index (χ0) is 17.1. The first kappa shape index (κ1) is 16.6. The number of rotatable bonds is 4. The highest BCUT2D eigenvalue weighted by atomic mass is 35.5. The van der Waals surface area contributed by atoms with E-state index in [9.17, 15) is 9.18 Å². The molecular weight excluding hydrogens is 347 g/mol. The quantitative estimate of drug-likeness (QED) is 0.704. The second-order valence-corrected chi connectivity index (χ2v) is 6.81. The van der Waals surface area contributed by atoms with Crippen LogP contribution in [-0.4, -0.2) is 10.9 Å². The summed E-state index contributed by atoms with van der Waals surface area (Å²) in [7, 11) is 0. The fourth-order valence-corrected chi connectivity index (χ4v) is 3.32. The monoisotopic (exact) mass is 360 g/mol. The summed E-state index contributed by atoms with van der Waals surface area (Å²) in [6.45, 7) is 1.91. The first-order valence-corrected chi connectivity index (χ1v) is 8.48. The van der Waals surface area contributed by atoms with Crippen LogP contribution in [0.5, 0.6) is 0 Å². The van der Waals surface area contributed by atoms with E-state index in [1.54, 1.807) is 0 Å². The predicted molar refractivity (Wildman–Crippen MR) is 95.5 cm³/mol. The highest BCUT2D eigenvalue weighted by molar-refractivity contribution is 7.15. The number of carbonyl (C=O) groups is 1. The lowest BCUT2D eigenvalue weighted by Gasteiger charge is -2.01. The van der Waals surface area contributed by atoms with Gasteiger partial charge in [-0.1, -0.05) is 23.7 Å². The molecule has 0 spiro atoms. The standard InChI is InChI=1S/C18H14ClFN2OS/c1-11-16(10-12-2-6-14(19)7-3-12)24-18(21-11)22-17(23)13-4-8-15(20)9-5-13/h2-9H,10H2,1H3,(H,21,22,23). The van der Waals surface area contributed by atoms with E-state index in [2.05, 4.69) is 10.3 Å². The number of thiazole rings is 1. The molecule has 0 radical (unpaired) electrons. The molecule has 3 nitrogen and oxygen atoms in total. The maximum absolute atomic E-state index is 12.9. The third-order valence-corrected chi connectivity index (χ3v) is 4.82. The Hall–Kier alpha value is -2.24. The Kier molecular flexibility index (Phi) is 4.92. The first-order chi connectivity index (χ1) is 11.5. The van der Waals surface area contributed by atoms with E-state index in [4.69, 9.17) is 11.6 Å². The molecule has 6 heteroatoms. The number of benzene rings is 2. The molecule has 0 aliphatic carbocycles. The maximum Gasteiger partial charge on any atom is 0.257 e. The molecular formula is C18H14ClFN2OS. The minimum absolute atomic E-state index is 0.304. The smallest absolute Gasteiger partial charge is 0.257 e. The molecule has 0 saturated heterocycles. The highest BCUT2D eigenvalue weighted by Gasteiger charge is 2.12. The molecule has 0 atom stereocenters. The van der Waals surface area contributed by atoms with E-state index >= 15 is 0 Å². The summed E-state index contributed by atoms with van der Waals surface area (Å²) in [4.78, 5) is 17.6. The Morgan fingerprint density at radius 2 is 1.83 bits per heavy atom. The van der Waals surface area contributed by atoms with Crippen molar-refractivity contribution in [3.05, 3.63) is 81.1 Å². The molecule has 1 aromatic heterocycles. The molecule has 2 aromatic carbocycles. The summed E-state index contributed by atoms with van der Waals surface area (Å²) in [5, 5.41) is 3.99. The number of anilines is 1. The Bertz CT molecular complexity index is 860. The number of hydrogen-bond acceptors (Lipinski definition) is 3. The number of halogens is 2. The van der Waals surface area contributed by atoms with Gasteiger partial charge in [0.15, 0.2) is 5.13 Å². The lowest BCUT2D eigenvalue weighted by molar-refractivity contribution is 0.102. The van der Waals surface area contributed by atoms with E-state index in [0.717, 1.165) is 22.6 Å². The number of nitrogens with one attached hydrogen (secondary N) is 1. The molecule has 0 saturated carbocycles. The third kappa shape index (κ3) is 3.99. The van der Waals surface area contributed by atoms with Gasteiger partial charge in [0, 0.05) is 21.9 Å². The average Bonchev–Trinajstić information content (AvgIpc) is 2.89. The largest absolute Gasteiger partial charge is 0.298 e. The van der Waals surface area contributed by atoms with Crippen LogP contribution < -0.4 is 5.32 Å². The fraction of sp³-hybridized carbons (Fsp3) is 0.111. The van der Waals surface area contributed by atoms with Crippen molar-refractivity contribution in [2.24, 2.45) is 0 Å². The zero-order valence-corrected chi connectivity index (χ0v) is 14.4. The van der Waals surface area contributed by atoms with E-state index in [-0.39, 0.29) is 11.7 Å². The summed E-state index contributed by atoms with van der Waals surface area (Å²) >= 11 is 7.33. The van der Waals surface area contributed by atoms with Gasteiger partial charge in [0.25, 0.3) is 5.91 Å². The fourth-order valence-electron chi connectivity index (χ4n) is 2.20. The van der Waals surface area contributed by atoms with Crippen LogP contribution in [0, 0.1) is 12.7 Å². The molecule has 0 fully saturated rings. The topological polar surface area (TPSA) is 42.0 Å². The summed E-state index contributed by atoms with van der Waals surface area (Å²) in [5.41, 5.74) is 2.40. The minimum Gasteiger partial charge on any atom is -0.298 e. The van der Waals surface area contributed by atoms with Crippen LogP contribution in [0.25, 0.3) is 0 Å². The van der Waals surface area contributed by atoms with Crippen LogP contribution in [0.4, 0.5) is 9.52 Å². The molecule has 24 heavy (non-hydrogen) atoms. The van der Waals surface area contributed by atoms with Crippen molar-refractivity contribution in [3.8, 4) is 0 Å². The normalized spacial score (nSPS) is 10.6. The van der Waals surface area contributed by atoms with Gasteiger partial charge in [0.05, 0.1) is 5.69 Å². The molecule has 0 bridgehead atoms. The molecule has 0 aliphatic heterocycles. The highest BCUT2D eigenvalue weighted by Crippen LogP contribution is 2.26. The second-order valence-electron chi connectivity index (χ2n) is 5.29. The van der Waals surface area contributed by atoms with Crippen molar-refractivity contribution in [1.82, 2.24) is 4.98 Å². The summed E-state index contributed by atoms with van der Waals surface area (Å²) in [5.74, 6) is -0.677. The number of aromatic nitrogens is 1. The van der Waals surface area contributed by atoms with Crippen LogP contribution >= 0.6 is 22.9 Å². The predicted octanol–water partition coefficient (Wildman–Crippen LogP) is 5.09. The van der Waals surface area contributed by atoms with Gasteiger partial charge in [-0.2, -0.15) is 0 Å². The Morgan fingerprint density at radius 3 is 2.50 bits per heavy atom. The third-order valence-electron chi connectivity index (χ3n) is 3.50. The van der Waals surface area contributed by atoms with Crippen LogP contribution in [0.1, 0.15) is 26.5 Å². The number of nitrogens with zero attached hydrogens (tertiary/aromatic N) is 1. The molecule has 1 heterocycles. The van der Waals surface area contributed by atoms with Crippen molar-refractivity contribution in [2.75, 3.05) is 5.32 Å². The van der Waals surface area contributed by atoms with Crippen molar-refractivity contribution in [3.63, 3.8) is 0 Å². The van der Waals surface area contributed by atoms with Gasteiger partial charge in [-0.3, -0.25) is 10.1 Å². The Morgan fingerprint density at radius 1 is 1.17 bits per heavy atom. The Balaban J connectivity index is 1.72. The molecule has 1 N–H and O–H groups in total. The Labute approximate surface area is 148 Å². The van der Waals surface area contributed by atoms with Crippen molar-refractivity contribution in [1.29, 1.82) is 0 Å². The minimum atomic E-state index is -0.373. The van der Waals surface area contributed by atoms with Crippen LogP contribution in [0.15, 0.2) is 48.5 Å². The van der Waals surface area contributed by atoms with Gasteiger partial charge in [0.1, 0.15) is 5.82 Å². The van der Waals surface area contributed by atoms with Crippen LogP contribution in [0.3, 0.4) is 0 Å². The van der Waals surface area contributed by atoms with E-state index < -0.39 is 0 Å². The number of hydrogen-bond donors (Lipinski definition) is 1. The average molecular weight is 361 g/mol. The van der Waals surface area contributed by atoms with Crippen molar-refractivity contribution >= 4 is 34.0 Å². The summed E-state index contributed by atoms with van der Waals surface area (Å²) < 4.78 is 12.9. The van der Waals surface area contributed by atoms with Crippen molar-refractivity contribution in [2.45, 2.75) is 13.3 Å². The summed E-state index contributed by atoms with van der Waals surface area (Å²) in [6, 6.07) is 13.0. The second kappa shape index (κ2) is 7.11. The SMILES string of the molecule is Cc1nc(NC(=O)c2ccc(F)cc2)sc1Cc1ccc(Cl)cc1. The molecule has 3 aromatic rings. The van der Waals surface area contributed by atoms with Crippen LogP contribution in [0.2, 0.25) is 5.02 Å². The van der Waals surface area contributed by atoms with Gasteiger partial charge in [-0.25, -0.2) is 9.37 Å². The van der Waals surface area contributed by atoms with Gasteiger partial charge in [-0.05, 0) is 48.9 Å². The van der Waals surface area contributed by atoms with Gasteiger partial charge in [-0.15, -0.1) is 11.3 Å². The zero-order valence-electron chi connectivity index (χ0n) is 12.8. The van der Waals surface area contributed by atoms with Gasteiger partial charge in [0.2, 0.25) is 0 Å². The molecule has 0 unspecified atom stereocenters. The molecule has 3 rings (SSSR count). The summed E-state index contributed by atoms with van der Waals surface area (Å²) in [6.07, 6.45) is 0.729. The molecule has 122 valence electrons. The van der Waals surface area contributed by atoms with E-state index in [1.807, 2.05) is 31.2 Å². The number of amides is 1. The number of carbonyl (C=O) groups excluding carboxylic acids is 1. The van der Waals surface area contributed by atoms with E-state index in [1.165, 1.54) is 35.6 Å². The lowest BCUT2D eigenvalue weighted by atomic mass is 10.1. The number of aryl methyl sites for hydroxylation is 1. The first-order valence-electron chi connectivity index (χ1n) is 7.29. The van der Waals surface area contributed by atoms with E-state index in [0.29, 0.717) is 15.7 Å². The van der Waals surface area contributed by atoms with Crippen molar-refractivity contribution < 1.29 is 9.18 Å². The molecule has 0 aliphatic rings.